The number of alkyl halides is 3. The summed E-state index contributed by atoms with van der Waals surface area (Å²) in [5.41, 5.74) is -0.260. The summed E-state index contributed by atoms with van der Waals surface area (Å²) in [5, 5.41) is 2.79. The number of nitrogens with one attached hydrogen (secondary N) is 1. The maximum Gasteiger partial charge on any atom is 0.416 e. The van der Waals surface area contributed by atoms with E-state index in [1.807, 2.05) is 12.1 Å². The van der Waals surface area contributed by atoms with E-state index in [0.29, 0.717) is 5.56 Å². The van der Waals surface area contributed by atoms with Gasteiger partial charge < -0.3 is 14.6 Å². The van der Waals surface area contributed by atoms with Gasteiger partial charge in [-0.15, -0.1) is 0 Å². The number of aromatic nitrogens is 2. The van der Waals surface area contributed by atoms with Gasteiger partial charge in [0.25, 0.3) is 0 Å². The fraction of sp³-hybridized carbons (Fsp3) is 0.200. The Morgan fingerprint density at radius 1 is 1.18 bits per heavy atom. The molecule has 0 aliphatic heterocycles. The number of carbonyl (C=O) groups excluding carboxylic acids is 1. The summed E-state index contributed by atoms with van der Waals surface area (Å²) in [7, 11) is 0. The highest BCUT2D eigenvalue weighted by molar-refractivity contribution is 5.79. The second-order valence-corrected chi connectivity index (χ2v) is 6.12. The first kappa shape index (κ1) is 19.5. The summed E-state index contributed by atoms with van der Waals surface area (Å²) in [6.07, 6.45) is 0.582. The molecule has 0 spiro atoms. The Labute approximate surface area is 159 Å². The molecule has 146 valence electrons. The Balaban J connectivity index is 1.71. The van der Waals surface area contributed by atoms with Gasteiger partial charge in [0, 0.05) is 30.7 Å². The van der Waals surface area contributed by atoms with Crippen LogP contribution in [0.2, 0.25) is 0 Å². The van der Waals surface area contributed by atoms with E-state index in [2.05, 4.69) is 10.3 Å². The van der Waals surface area contributed by atoms with Crippen LogP contribution in [-0.4, -0.2) is 15.5 Å². The van der Waals surface area contributed by atoms with Gasteiger partial charge in [-0.1, -0.05) is 12.1 Å². The lowest BCUT2D eigenvalue weighted by molar-refractivity contribution is -0.137. The topological polar surface area (TPSA) is 56.1 Å². The lowest BCUT2D eigenvalue weighted by atomic mass is 10.2. The van der Waals surface area contributed by atoms with Gasteiger partial charge in [-0.3, -0.25) is 4.79 Å². The van der Waals surface area contributed by atoms with Gasteiger partial charge >= 0.3 is 6.18 Å². The molecule has 1 atom stereocenters. The minimum atomic E-state index is -4.46. The first-order valence-electron chi connectivity index (χ1n) is 8.54. The third-order valence-corrected chi connectivity index (χ3v) is 4.13. The molecule has 0 aliphatic carbocycles. The predicted molar refractivity (Wildman–Crippen MR) is 96.7 cm³/mol. The van der Waals surface area contributed by atoms with E-state index in [4.69, 9.17) is 4.74 Å². The van der Waals surface area contributed by atoms with Crippen LogP contribution in [0.15, 0.2) is 67.1 Å². The normalized spacial score (nSPS) is 12.4. The molecule has 0 fully saturated rings. The molecule has 2 heterocycles. The molecule has 28 heavy (non-hydrogen) atoms. The van der Waals surface area contributed by atoms with Gasteiger partial charge in [-0.05, 0) is 43.3 Å². The molecule has 5 nitrogen and oxygen atoms in total. The summed E-state index contributed by atoms with van der Waals surface area (Å²) < 4.78 is 45.9. The Bertz CT molecular complexity index is 940. The van der Waals surface area contributed by atoms with E-state index < -0.39 is 17.8 Å². The zero-order valence-electron chi connectivity index (χ0n) is 15.0. The standard InChI is InChI=1S/C20H18F3N3O2/c1-14(26-10-2-3-11-26)18(27)25-13-15-6-5-9-24-19(15)28-17-8-4-7-16(12-17)20(21,22)23/h2-12,14H,13H2,1H3,(H,25,27)/t14-/m0/s1. The number of carbonyl (C=O) groups is 1. The summed E-state index contributed by atoms with van der Waals surface area (Å²) in [6, 6.07) is 11.2. The molecule has 3 rings (SSSR count). The molecule has 1 aromatic carbocycles. The summed E-state index contributed by atoms with van der Waals surface area (Å²) in [6.45, 7) is 1.89. The average Bonchev–Trinajstić information content (AvgIpc) is 3.21. The number of hydrogen-bond acceptors (Lipinski definition) is 3. The Morgan fingerprint density at radius 2 is 1.93 bits per heavy atom. The highest BCUT2D eigenvalue weighted by Crippen LogP contribution is 2.32. The molecule has 0 bridgehead atoms. The van der Waals surface area contributed by atoms with Crippen molar-refractivity contribution in [3.8, 4) is 11.6 Å². The van der Waals surface area contributed by atoms with E-state index >= 15 is 0 Å². The quantitative estimate of drug-likeness (QED) is 0.672. The van der Waals surface area contributed by atoms with Gasteiger partial charge in [-0.2, -0.15) is 13.2 Å². The SMILES string of the molecule is C[C@@H](C(=O)NCc1cccnc1Oc1cccc(C(F)(F)F)c1)n1cccc1. The molecule has 3 aromatic rings. The zero-order chi connectivity index (χ0) is 20.1. The van der Waals surface area contributed by atoms with Gasteiger partial charge in [-0.25, -0.2) is 4.98 Å². The number of pyridine rings is 1. The third-order valence-electron chi connectivity index (χ3n) is 4.13. The van der Waals surface area contributed by atoms with Crippen molar-refractivity contribution in [2.24, 2.45) is 0 Å². The molecule has 1 N–H and O–H groups in total. The molecule has 0 radical (unpaired) electrons. The molecule has 0 aliphatic rings. The molecular formula is C20H18F3N3O2. The highest BCUT2D eigenvalue weighted by Gasteiger charge is 2.30. The number of hydrogen-bond donors (Lipinski definition) is 1. The molecule has 0 saturated heterocycles. The van der Waals surface area contributed by atoms with E-state index in [9.17, 15) is 18.0 Å². The van der Waals surface area contributed by atoms with E-state index in [1.165, 1.54) is 18.3 Å². The fourth-order valence-corrected chi connectivity index (χ4v) is 2.57. The van der Waals surface area contributed by atoms with Gasteiger partial charge in [0.05, 0.1) is 5.56 Å². The van der Waals surface area contributed by atoms with Crippen molar-refractivity contribution in [1.82, 2.24) is 14.9 Å². The van der Waals surface area contributed by atoms with E-state index in [0.717, 1.165) is 12.1 Å². The van der Waals surface area contributed by atoms with Crippen LogP contribution in [0.1, 0.15) is 24.1 Å². The lowest BCUT2D eigenvalue weighted by Gasteiger charge is -2.15. The smallest absolute Gasteiger partial charge is 0.416 e. The molecule has 0 unspecified atom stereocenters. The number of benzene rings is 1. The van der Waals surface area contributed by atoms with E-state index in [1.54, 1.807) is 36.0 Å². The Morgan fingerprint density at radius 3 is 2.64 bits per heavy atom. The number of amides is 1. The summed E-state index contributed by atoms with van der Waals surface area (Å²) in [4.78, 5) is 16.4. The average molecular weight is 389 g/mol. The van der Waals surface area contributed by atoms with Crippen molar-refractivity contribution >= 4 is 5.91 Å². The van der Waals surface area contributed by atoms with Gasteiger partial charge in [0.1, 0.15) is 11.8 Å². The molecule has 2 aromatic heterocycles. The maximum atomic E-state index is 12.9. The molecular weight excluding hydrogens is 371 g/mol. The third kappa shape index (κ3) is 4.70. The lowest BCUT2D eigenvalue weighted by Crippen LogP contribution is -2.30. The van der Waals surface area contributed by atoms with Gasteiger partial charge in [0.15, 0.2) is 0 Å². The summed E-state index contributed by atoms with van der Waals surface area (Å²) >= 11 is 0. The second kappa shape index (κ2) is 8.16. The van der Waals surface area contributed by atoms with Crippen LogP contribution in [0.25, 0.3) is 0 Å². The number of nitrogens with zero attached hydrogens (tertiary/aromatic N) is 2. The monoisotopic (exact) mass is 389 g/mol. The number of halogens is 3. The first-order chi connectivity index (χ1) is 13.3. The minimum absolute atomic E-state index is 0.0156. The maximum absolute atomic E-state index is 12.9. The minimum Gasteiger partial charge on any atom is -0.439 e. The largest absolute Gasteiger partial charge is 0.439 e. The first-order valence-corrected chi connectivity index (χ1v) is 8.54. The predicted octanol–water partition coefficient (Wildman–Crippen LogP) is 4.57. The Kier molecular flexibility index (Phi) is 5.67. The highest BCUT2D eigenvalue weighted by atomic mass is 19.4. The van der Waals surface area contributed by atoms with Crippen LogP contribution in [0.5, 0.6) is 11.6 Å². The van der Waals surface area contributed by atoms with Crippen LogP contribution in [0.3, 0.4) is 0 Å². The van der Waals surface area contributed by atoms with Crippen LogP contribution in [-0.2, 0) is 17.5 Å². The van der Waals surface area contributed by atoms with Gasteiger partial charge in [0.2, 0.25) is 11.8 Å². The van der Waals surface area contributed by atoms with Crippen LogP contribution in [0.4, 0.5) is 13.2 Å². The molecule has 8 heteroatoms. The van der Waals surface area contributed by atoms with Crippen LogP contribution < -0.4 is 10.1 Å². The van der Waals surface area contributed by atoms with Crippen molar-refractivity contribution in [3.63, 3.8) is 0 Å². The van der Waals surface area contributed by atoms with Crippen LogP contribution in [0, 0.1) is 0 Å². The zero-order valence-corrected chi connectivity index (χ0v) is 15.0. The number of rotatable bonds is 6. The fourth-order valence-electron chi connectivity index (χ4n) is 2.57. The Hall–Kier alpha value is -3.29. The van der Waals surface area contributed by atoms with Crippen molar-refractivity contribution in [2.45, 2.75) is 25.7 Å². The van der Waals surface area contributed by atoms with Crippen molar-refractivity contribution in [3.05, 3.63) is 78.2 Å². The van der Waals surface area contributed by atoms with E-state index in [-0.39, 0.29) is 24.1 Å². The van der Waals surface area contributed by atoms with Crippen LogP contribution >= 0.6 is 0 Å². The number of ether oxygens (including phenoxy) is 1. The summed E-state index contributed by atoms with van der Waals surface area (Å²) in [5.74, 6) is -0.0531. The van der Waals surface area contributed by atoms with Crippen molar-refractivity contribution in [1.29, 1.82) is 0 Å². The molecule has 0 saturated carbocycles. The van der Waals surface area contributed by atoms with Crippen molar-refractivity contribution in [2.75, 3.05) is 0 Å². The second-order valence-electron chi connectivity index (χ2n) is 6.12. The van der Waals surface area contributed by atoms with Crippen molar-refractivity contribution < 1.29 is 22.7 Å². The molecule has 1 amide bonds.